The van der Waals surface area contributed by atoms with E-state index in [1.807, 2.05) is 0 Å². The first-order valence-electron chi connectivity index (χ1n) is 19.3. The summed E-state index contributed by atoms with van der Waals surface area (Å²) in [5.74, 6) is 3.04. The van der Waals surface area contributed by atoms with Gasteiger partial charge < -0.3 is 4.90 Å². The highest BCUT2D eigenvalue weighted by molar-refractivity contribution is 5.86. The second kappa shape index (κ2) is 10.3. The van der Waals surface area contributed by atoms with E-state index in [2.05, 4.69) is 165 Å². The molecule has 11 rings (SSSR count). The van der Waals surface area contributed by atoms with Gasteiger partial charge in [0.2, 0.25) is 0 Å². The summed E-state index contributed by atoms with van der Waals surface area (Å²) in [5, 5.41) is 0. The highest BCUT2D eigenvalue weighted by Gasteiger charge is 2.80. The Hall–Kier alpha value is -4.88. The predicted octanol–water partition coefficient (Wildman–Crippen LogP) is 13.2. The van der Waals surface area contributed by atoms with Crippen molar-refractivity contribution in [3.8, 4) is 33.4 Å². The van der Waals surface area contributed by atoms with Crippen LogP contribution in [-0.2, 0) is 10.8 Å². The second-order valence-electron chi connectivity index (χ2n) is 17.2. The van der Waals surface area contributed by atoms with Gasteiger partial charge in [0.05, 0.1) is 0 Å². The molecule has 0 amide bonds. The minimum atomic E-state index is -0.0594. The van der Waals surface area contributed by atoms with Crippen molar-refractivity contribution >= 4 is 17.1 Å². The minimum Gasteiger partial charge on any atom is -0.310 e. The summed E-state index contributed by atoms with van der Waals surface area (Å²) in [6.07, 6.45) is 7.45. The van der Waals surface area contributed by atoms with Crippen LogP contribution in [0.3, 0.4) is 0 Å². The molecule has 5 aliphatic rings. The average Bonchev–Trinajstić information content (AvgIpc) is 3.74. The lowest BCUT2D eigenvalue weighted by atomic mass is 9.31. The molecular weight excluding hydrogens is 615 g/mol. The fourth-order valence-corrected chi connectivity index (χ4v) is 12.3. The molecule has 51 heavy (non-hydrogen) atoms. The van der Waals surface area contributed by atoms with Gasteiger partial charge in [0, 0.05) is 27.9 Å². The summed E-state index contributed by atoms with van der Waals surface area (Å²) in [4.78, 5) is 2.43. The van der Waals surface area contributed by atoms with Gasteiger partial charge in [-0.1, -0.05) is 123 Å². The van der Waals surface area contributed by atoms with E-state index >= 15 is 0 Å². The molecule has 4 saturated carbocycles. The molecule has 0 heterocycles. The first-order valence-corrected chi connectivity index (χ1v) is 19.3. The molecule has 5 aliphatic carbocycles. The Morgan fingerprint density at radius 2 is 1.08 bits per heavy atom. The Bertz CT molecular complexity index is 2330. The topological polar surface area (TPSA) is 3.24 Å². The summed E-state index contributed by atoms with van der Waals surface area (Å²) in [6.45, 7) is 6.88. The predicted molar refractivity (Wildman–Crippen MR) is 212 cm³/mol. The van der Waals surface area contributed by atoms with E-state index in [0.29, 0.717) is 10.8 Å². The zero-order chi connectivity index (χ0) is 34.1. The number of rotatable bonds is 6. The van der Waals surface area contributed by atoms with Crippen LogP contribution in [0.4, 0.5) is 17.1 Å². The molecule has 0 aromatic heterocycles. The minimum absolute atomic E-state index is 0.0594. The Labute approximate surface area is 303 Å². The zero-order valence-corrected chi connectivity index (χ0v) is 30.0. The van der Waals surface area contributed by atoms with Crippen molar-refractivity contribution in [2.45, 2.75) is 63.7 Å². The van der Waals surface area contributed by atoms with Crippen molar-refractivity contribution in [1.29, 1.82) is 0 Å². The molecule has 5 unspecified atom stereocenters. The van der Waals surface area contributed by atoms with Gasteiger partial charge in [0.15, 0.2) is 0 Å². The first-order chi connectivity index (χ1) is 24.8. The van der Waals surface area contributed by atoms with E-state index in [1.165, 1.54) is 93.5 Å². The van der Waals surface area contributed by atoms with Gasteiger partial charge in [-0.3, -0.25) is 0 Å². The van der Waals surface area contributed by atoms with E-state index in [1.54, 1.807) is 5.56 Å². The van der Waals surface area contributed by atoms with Crippen molar-refractivity contribution in [2.24, 2.45) is 23.2 Å². The molecule has 5 atom stereocenters. The maximum atomic E-state index is 2.50. The smallest absolute Gasteiger partial charge is 0.0465 e. The van der Waals surface area contributed by atoms with Gasteiger partial charge in [-0.05, 0) is 149 Å². The number of anilines is 3. The Morgan fingerprint density at radius 3 is 1.71 bits per heavy atom. The lowest BCUT2D eigenvalue weighted by Crippen LogP contribution is -2.68. The first kappa shape index (κ1) is 29.8. The van der Waals surface area contributed by atoms with E-state index in [4.69, 9.17) is 0 Å². The Morgan fingerprint density at radius 1 is 0.510 bits per heavy atom. The molecule has 0 aliphatic heterocycles. The van der Waals surface area contributed by atoms with Crippen LogP contribution >= 0.6 is 0 Å². The van der Waals surface area contributed by atoms with E-state index < -0.39 is 0 Å². The maximum Gasteiger partial charge on any atom is 0.0465 e. The van der Waals surface area contributed by atoms with Crippen LogP contribution in [0, 0.1) is 30.1 Å². The van der Waals surface area contributed by atoms with Gasteiger partial charge in [-0.15, -0.1) is 0 Å². The molecule has 0 saturated heterocycles. The molecule has 4 fully saturated rings. The third-order valence-corrected chi connectivity index (χ3v) is 14.6. The Kier molecular flexibility index (Phi) is 6.05. The molecule has 250 valence electrons. The lowest BCUT2D eigenvalue weighted by Gasteiger charge is -2.73. The number of nitrogens with zero attached hydrogens (tertiary/aromatic N) is 1. The van der Waals surface area contributed by atoms with Crippen molar-refractivity contribution in [1.82, 2.24) is 0 Å². The molecule has 1 spiro atoms. The lowest BCUT2D eigenvalue weighted by molar-refractivity contribution is -0.198. The van der Waals surface area contributed by atoms with Crippen molar-refractivity contribution in [3.05, 3.63) is 162 Å². The standard InChI is InChI=1S/C50H45N/c1-32-8-10-34(11-9-32)36-14-20-41(21-15-36)51(43-24-25-45-44-6-4-5-7-46(44)48(2,3)47(45)28-43)42-22-16-37(17-23-42)35-12-18-38(19-13-35)49-29-33-26-39-27-40(31-49)50(39,49)30-33/h4-25,28,33,39-40H,26-27,29-31H2,1-3H3. The number of aryl methyl sites for hydroxylation is 1. The van der Waals surface area contributed by atoms with E-state index in [0.717, 1.165) is 23.4 Å². The monoisotopic (exact) mass is 659 g/mol. The van der Waals surface area contributed by atoms with E-state index in [9.17, 15) is 0 Å². The van der Waals surface area contributed by atoms with Crippen LogP contribution < -0.4 is 4.90 Å². The largest absolute Gasteiger partial charge is 0.310 e. The molecule has 0 N–H and O–H groups in total. The number of benzene rings is 6. The van der Waals surface area contributed by atoms with Crippen LogP contribution in [0.25, 0.3) is 33.4 Å². The van der Waals surface area contributed by atoms with Crippen molar-refractivity contribution < 1.29 is 0 Å². The summed E-state index contributed by atoms with van der Waals surface area (Å²) in [5.41, 5.74) is 18.1. The van der Waals surface area contributed by atoms with Gasteiger partial charge in [-0.25, -0.2) is 0 Å². The van der Waals surface area contributed by atoms with Crippen LogP contribution in [0.2, 0.25) is 0 Å². The molecule has 6 aromatic carbocycles. The molecule has 0 radical (unpaired) electrons. The normalized spacial score (nSPS) is 26.8. The quantitative estimate of drug-likeness (QED) is 0.172. The van der Waals surface area contributed by atoms with Gasteiger partial charge in [-0.2, -0.15) is 0 Å². The molecule has 1 nitrogen and oxygen atoms in total. The number of hydrogen-bond acceptors (Lipinski definition) is 1. The average molecular weight is 660 g/mol. The fourth-order valence-electron chi connectivity index (χ4n) is 12.3. The maximum absolute atomic E-state index is 2.50. The summed E-state index contributed by atoms with van der Waals surface area (Å²) < 4.78 is 0. The highest BCUT2D eigenvalue weighted by Crippen LogP contribution is 2.86. The molecular formula is C50H45N. The van der Waals surface area contributed by atoms with Gasteiger partial charge in [0.1, 0.15) is 0 Å². The molecule has 6 aromatic rings. The third-order valence-electron chi connectivity index (χ3n) is 14.6. The number of hydrogen-bond donors (Lipinski definition) is 0. The molecule has 2 bridgehead atoms. The van der Waals surface area contributed by atoms with Gasteiger partial charge in [0.25, 0.3) is 0 Å². The second-order valence-corrected chi connectivity index (χ2v) is 17.2. The van der Waals surface area contributed by atoms with Crippen LogP contribution in [0.1, 0.15) is 68.2 Å². The van der Waals surface area contributed by atoms with E-state index in [-0.39, 0.29) is 5.41 Å². The summed E-state index contributed by atoms with van der Waals surface area (Å²) in [7, 11) is 0. The van der Waals surface area contributed by atoms with Crippen molar-refractivity contribution in [2.75, 3.05) is 4.90 Å². The number of fused-ring (bicyclic) bond motifs is 4. The van der Waals surface area contributed by atoms with Crippen molar-refractivity contribution in [3.63, 3.8) is 0 Å². The summed E-state index contributed by atoms with van der Waals surface area (Å²) in [6, 6.07) is 53.0. The van der Waals surface area contributed by atoms with Crippen LogP contribution in [-0.4, -0.2) is 0 Å². The zero-order valence-electron chi connectivity index (χ0n) is 30.0. The van der Waals surface area contributed by atoms with Crippen LogP contribution in [0.5, 0.6) is 0 Å². The highest BCUT2D eigenvalue weighted by atomic mass is 15.1. The fraction of sp³-hybridized carbons (Fsp3) is 0.280. The Balaban J connectivity index is 0.947. The molecule has 1 heteroatoms. The van der Waals surface area contributed by atoms with Gasteiger partial charge >= 0.3 is 0 Å². The summed E-state index contributed by atoms with van der Waals surface area (Å²) >= 11 is 0. The SMILES string of the molecule is Cc1ccc(-c2ccc(N(c3ccc(-c4ccc(C56CC7CC8CC(C5)C86C7)cc4)cc3)c3ccc4c(c3)C(C)(C)c3ccccc3-4)cc2)cc1. The third kappa shape index (κ3) is 3.98. The van der Waals surface area contributed by atoms with Crippen LogP contribution in [0.15, 0.2) is 140 Å².